The summed E-state index contributed by atoms with van der Waals surface area (Å²) >= 11 is 0. The number of aliphatic hydroxyl groups is 2. The van der Waals surface area contributed by atoms with Crippen molar-refractivity contribution >= 4 is 11.8 Å². The first-order valence-corrected chi connectivity index (χ1v) is 21.4. The van der Waals surface area contributed by atoms with Gasteiger partial charge in [-0.15, -0.1) is 6.58 Å². The lowest BCUT2D eigenvalue weighted by Gasteiger charge is -2.59. The highest BCUT2D eigenvalue weighted by Gasteiger charge is 2.65. The Morgan fingerprint density at radius 2 is 1.80 bits per heavy atom. The maximum Gasteiger partial charge on any atom is 0.410 e. The zero-order chi connectivity index (χ0) is 42.1. The van der Waals surface area contributed by atoms with E-state index in [4.69, 9.17) is 38.4 Å². The number of rotatable bonds is 20. The quantitative estimate of drug-likeness (QED) is 0.0648. The van der Waals surface area contributed by atoms with E-state index in [9.17, 15) is 15.0 Å². The predicted octanol–water partition coefficient (Wildman–Crippen LogP) is 8.01. The molecule has 0 spiro atoms. The van der Waals surface area contributed by atoms with Crippen LogP contribution in [0.15, 0.2) is 84.1 Å². The van der Waals surface area contributed by atoms with E-state index in [2.05, 4.69) is 23.7 Å². The second kappa shape index (κ2) is 20.0. The van der Waals surface area contributed by atoms with Crippen molar-refractivity contribution in [3.05, 3.63) is 101 Å². The average Bonchev–Trinajstić information content (AvgIpc) is 3.73. The van der Waals surface area contributed by atoms with E-state index in [1.165, 1.54) is 0 Å². The van der Waals surface area contributed by atoms with E-state index in [0.29, 0.717) is 48.2 Å². The molecule has 0 bridgehead atoms. The van der Waals surface area contributed by atoms with Gasteiger partial charge in [0.15, 0.2) is 11.5 Å². The van der Waals surface area contributed by atoms with Crippen molar-refractivity contribution < 1.29 is 48.3 Å². The molecule has 1 aromatic heterocycles. The molecule has 1 amide bonds. The number of aromatic nitrogens is 1. The Kier molecular flexibility index (Phi) is 14.3. The molecule has 13 heteroatoms. The number of aryl methyl sites for hydroxylation is 1. The number of carbonyl (C=O) groups excluding carboxylic acids is 1. The average molecular weight is 826 g/mol. The zero-order valence-corrected chi connectivity index (χ0v) is 35.1. The molecule has 322 valence electrons. The summed E-state index contributed by atoms with van der Waals surface area (Å²) in [6.07, 6.45) is 8.38. The van der Waals surface area contributed by atoms with Crippen LogP contribution in [0.2, 0.25) is 0 Å². The van der Waals surface area contributed by atoms with Crippen LogP contribution in [0.4, 0.5) is 4.79 Å². The van der Waals surface area contributed by atoms with Gasteiger partial charge in [-0.2, -0.15) is 0 Å². The monoisotopic (exact) mass is 825 g/mol. The van der Waals surface area contributed by atoms with Gasteiger partial charge in [0.05, 0.1) is 30.5 Å². The molecule has 4 aliphatic rings. The first-order valence-electron chi connectivity index (χ1n) is 21.4. The fourth-order valence-corrected chi connectivity index (χ4v) is 9.46. The number of fused-ring (bicyclic) bond motifs is 3. The molecule has 2 aromatic carbocycles. The van der Waals surface area contributed by atoms with Gasteiger partial charge >= 0.3 is 6.09 Å². The zero-order valence-electron chi connectivity index (χ0n) is 35.1. The van der Waals surface area contributed by atoms with Gasteiger partial charge in [0.25, 0.3) is 0 Å². The molecule has 1 saturated carbocycles. The maximum atomic E-state index is 14.4. The second-order valence-electron chi connectivity index (χ2n) is 15.8. The van der Waals surface area contributed by atoms with Crippen molar-refractivity contribution in [3.63, 3.8) is 0 Å². The standard InChI is InChI=1S/C47H59N3O10/c1-5-23-58-47-43(50(46(53)54-6-2)28-32-17-19-41-42(24-32)57-30-56-41)27-39(49-59-7-3)37-25-33(14-8-10-21-51)36(16-9-11-22-52)44(45(37)47)38-26-35(18-20-40(38)60-47)55-29-34-15-12-13-31(4)48-34/h5,12-13,15,17-20,24-26,33,36,43-45,51-52H,1,6-11,14,16,21-23,27-30H2,2-4H3/t33-,36+,43-,44+,45+,47+/m0/s1. The minimum Gasteiger partial charge on any atom is -0.487 e. The van der Waals surface area contributed by atoms with E-state index in [1.807, 2.05) is 62.4 Å². The van der Waals surface area contributed by atoms with Crippen molar-refractivity contribution in [2.75, 3.05) is 39.8 Å². The molecule has 6 atom stereocenters. The topological polar surface area (TPSA) is 151 Å². The van der Waals surface area contributed by atoms with Crippen molar-refractivity contribution in [3.8, 4) is 23.0 Å². The lowest BCUT2D eigenvalue weighted by Crippen LogP contribution is -2.70. The largest absolute Gasteiger partial charge is 0.487 e. The third-order valence-corrected chi connectivity index (χ3v) is 11.9. The summed E-state index contributed by atoms with van der Waals surface area (Å²) in [4.78, 5) is 26.7. The Hall–Kier alpha value is -5.11. The number of oxime groups is 1. The van der Waals surface area contributed by atoms with Gasteiger partial charge in [-0.05, 0) is 112 Å². The summed E-state index contributed by atoms with van der Waals surface area (Å²) in [7, 11) is 0. The maximum absolute atomic E-state index is 14.4. The number of carbonyl (C=O) groups is 1. The number of hydrogen-bond acceptors (Lipinski definition) is 12. The lowest BCUT2D eigenvalue weighted by atomic mass is 9.55. The number of amides is 1. The molecule has 0 unspecified atom stereocenters. The van der Waals surface area contributed by atoms with Crippen LogP contribution in [-0.4, -0.2) is 83.6 Å². The number of benzene rings is 2. The molecule has 0 radical (unpaired) electrons. The molecule has 60 heavy (non-hydrogen) atoms. The van der Waals surface area contributed by atoms with Crippen LogP contribution >= 0.6 is 0 Å². The van der Waals surface area contributed by atoms with Crippen LogP contribution in [-0.2, 0) is 27.5 Å². The van der Waals surface area contributed by atoms with E-state index in [1.54, 1.807) is 17.9 Å². The smallest absolute Gasteiger partial charge is 0.410 e. The van der Waals surface area contributed by atoms with Crippen molar-refractivity contribution in [1.29, 1.82) is 0 Å². The minimum absolute atomic E-state index is 0.0593. The molecule has 2 N–H and O–H groups in total. The van der Waals surface area contributed by atoms with Crippen LogP contribution in [0.5, 0.6) is 23.0 Å². The lowest BCUT2D eigenvalue weighted by molar-refractivity contribution is -0.256. The van der Waals surface area contributed by atoms with Crippen LogP contribution < -0.4 is 18.9 Å². The number of allylic oxidation sites excluding steroid dienone is 1. The van der Waals surface area contributed by atoms with E-state index in [-0.39, 0.29) is 70.5 Å². The Labute approximate surface area is 352 Å². The van der Waals surface area contributed by atoms with E-state index < -0.39 is 23.8 Å². The fourth-order valence-electron chi connectivity index (χ4n) is 9.46. The van der Waals surface area contributed by atoms with E-state index >= 15 is 0 Å². The first kappa shape index (κ1) is 43.0. The van der Waals surface area contributed by atoms with Gasteiger partial charge in [0.1, 0.15) is 30.8 Å². The van der Waals surface area contributed by atoms with E-state index in [0.717, 1.165) is 53.8 Å². The molecular weight excluding hydrogens is 767 g/mol. The predicted molar refractivity (Wildman–Crippen MR) is 225 cm³/mol. The molecule has 2 aliphatic carbocycles. The van der Waals surface area contributed by atoms with Crippen molar-refractivity contribution in [2.24, 2.45) is 22.9 Å². The minimum atomic E-state index is -1.44. The molecule has 7 rings (SSSR count). The third kappa shape index (κ3) is 9.13. The number of nitrogens with zero attached hydrogens (tertiary/aromatic N) is 3. The highest BCUT2D eigenvalue weighted by atomic mass is 16.7. The van der Waals surface area contributed by atoms with Gasteiger partial charge < -0.3 is 43.5 Å². The summed E-state index contributed by atoms with van der Waals surface area (Å²) in [5, 5.41) is 24.6. The molecule has 13 nitrogen and oxygen atoms in total. The Morgan fingerprint density at radius 1 is 1.00 bits per heavy atom. The summed E-state index contributed by atoms with van der Waals surface area (Å²) in [6.45, 7) is 11.1. The fraction of sp³-hybridized carbons (Fsp3) is 0.511. The van der Waals surface area contributed by atoms with Gasteiger partial charge in [-0.3, -0.25) is 9.88 Å². The Balaban J connectivity index is 1.42. The van der Waals surface area contributed by atoms with Crippen LogP contribution in [0.3, 0.4) is 0 Å². The summed E-state index contributed by atoms with van der Waals surface area (Å²) in [5.41, 5.74) is 5.17. The molecule has 3 aromatic rings. The summed E-state index contributed by atoms with van der Waals surface area (Å²) in [5.74, 6) is 0.580. The van der Waals surface area contributed by atoms with Gasteiger partial charge in [0.2, 0.25) is 12.6 Å². The van der Waals surface area contributed by atoms with Gasteiger partial charge in [0, 0.05) is 43.4 Å². The molecular formula is C47H59N3O10. The molecule has 2 aliphatic heterocycles. The highest BCUT2D eigenvalue weighted by molar-refractivity contribution is 6.03. The highest BCUT2D eigenvalue weighted by Crippen LogP contribution is 2.62. The Morgan fingerprint density at radius 3 is 2.57 bits per heavy atom. The van der Waals surface area contributed by atoms with Crippen LogP contribution in [0, 0.1) is 24.7 Å². The van der Waals surface area contributed by atoms with Gasteiger partial charge in [-0.1, -0.05) is 42.3 Å². The normalized spacial score (nSPS) is 24.1. The molecule has 3 heterocycles. The van der Waals surface area contributed by atoms with Gasteiger partial charge in [-0.25, -0.2) is 4.79 Å². The molecule has 0 saturated heterocycles. The number of pyridine rings is 1. The Bertz CT molecular complexity index is 2020. The second-order valence-corrected chi connectivity index (χ2v) is 15.8. The number of unbranched alkanes of at least 4 members (excludes halogenated alkanes) is 2. The van der Waals surface area contributed by atoms with Crippen LogP contribution in [0.25, 0.3) is 0 Å². The summed E-state index contributed by atoms with van der Waals surface area (Å²) in [6, 6.07) is 16.7. The van der Waals surface area contributed by atoms with Crippen molar-refractivity contribution in [1.82, 2.24) is 9.88 Å². The first-order chi connectivity index (χ1) is 29.3. The third-order valence-electron chi connectivity index (χ3n) is 11.9. The number of ether oxygens (including phenoxy) is 6. The van der Waals surface area contributed by atoms with Crippen LogP contribution in [0.1, 0.15) is 87.2 Å². The SMILES string of the molecule is C=CCO[C@@]12Oc3ccc(OCc4cccc(C)n4)cc3[C@H]3[C@H](CCCCO)[C@@H](CCCCO)C=C(C(=NOCC)C[C@@H]1N(Cc1ccc4c(c1)OCO4)C(=O)OCC)[C@H]32. The summed E-state index contributed by atoms with van der Waals surface area (Å²) < 4.78 is 38.0. The number of hydrogen-bond donors (Lipinski definition) is 2. The van der Waals surface area contributed by atoms with Crippen molar-refractivity contribution in [2.45, 2.75) is 96.6 Å². The molecule has 1 fully saturated rings. The number of aliphatic hydroxyl groups excluding tert-OH is 2.